The van der Waals surface area contributed by atoms with Gasteiger partial charge in [0, 0.05) is 5.69 Å². The Morgan fingerprint density at radius 3 is 2.89 bits per heavy atom. The highest BCUT2D eigenvalue weighted by Gasteiger charge is 2.24. The van der Waals surface area contributed by atoms with Crippen LogP contribution < -0.4 is 10.9 Å². The van der Waals surface area contributed by atoms with E-state index in [1.165, 1.54) is 11.1 Å². The molecule has 27 heavy (non-hydrogen) atoms. The van der Waals surface area contributed by atoms with Crippen molar-refractivity contribution in [2.45, 2.75) is 32.4 Å². The van der Waals surface area contributed by atoms with E-state index in [0.29, 0.717) is 16.7 Å². The van der Waals surface area contributed by atoms with E-state index in [2.05, 4.69) is 46.5 Å². The van der Waals surface area contributed by atoms with Crippen LogP contribution in [0, 0.1) is 6.92 Å². The van der Waals surface area contributed by atoms with E-state index < -0.39 is 0 Å². The molecule has 3 aromatic rings. The first-order chi connectivity index (χ1) is 13.1. The van der Waals surface area contributed by atoms with Gasteiger partial charge in [0.2, 0.25) is 0 Å². The minimum atomic E-state index is -0.179. The fraction of sp³-hybridized carbons (Fsp3) is 0.300. The SMILES string of the molecule is Cc1ccc(NC2CCc3cc4nc(COCP=O)[nH]c(=O)c4cc32)cc1. The molecular weight excluding hydrogens is 361 g/mol. The van der Waals surface area contributed by atoms with Crippen molar-refractivity contribution in [3.63, 3.8) is 0 Å². The van der Waals surface area contributed by atoms with E-state index in [1.807, 2.05) is 12.1 Å². The van der Waals surface area contributed by atoms with Crippen molar-refractivity contribution in [2.24, 2.45) is 0 Å². The van der Waals surface area contributed by atoms with Gasteiger partial charge in [0.25, 0.3) is 5.56 Å². The zero-order valence-corrected chi connectivity index (χ0v) is 15.9. The average molecular weight is 381 g/mol. The molecule has 1 heterocycles. The predicted molar refractivity (Wildman–Crippen MR) is 105 cm³/mol. The minimum Gasteiger partial charge on any atom is -0.378 e. The smallest absolute Gasteiger partial charge is 0.258 e. The van der Waals surface area contributed by atoms with E-state index in [-0.39, 0.29) is 33.0 Å². The summed E-state index contributed by atoms with van der Waals surface area (Å²) in [5.74, 6) is 0.448. The Bertz CT molecular complexity index is 1050. The van der Waals surface area contributed by atoms with Crippen LogP contribution in [0.4, 0.5) is 5.69 Å². The molecule has 1 aliphatic rings. The average Bonchev–Trinajstić information content (AvgIpc) is 3.04. The molecule has 0 spiro atoms. The van der Waals surface area contributed by atoms with Crippen LogP contribution in [0.25, 0.3) is 10.9 Å². The van der Waals surface area contributed by atoms with Crippen LogP contribution in [-0.2, 0) is 22.3 Å². The van der Waals surface area contributed by atoms with Gasteiger partial charge in [-0.1, -0.05) is 17.7 Å². The van der Waals surface area contributed by atoms with Crippen molar-refractivity contribution >= 4 is 25.1 Å². The quantitative estimate of drug-likeness (QED) is 0.496. The monoisotopic (exact) mass is 381 g/mol. The Kier molecular flexibility index (Phi) is 5.01. The first kappa shape index (κ1) is 17.8. The fourth-order valence-electron chi connectivity index (χ4n) is 3.54. The maximum absolute atomic E-state index is 12.5. The normalized spacial score (nSPS) is 16.0. The lowest BCUT2D eigenvalue weighted by Gasteiger charge is -2.16. The highest BCUT2D eigenvalue weighted by atomic mass is 31.1. The molecule has 0 saturated carbocycles. The summed E-state index contributed by atoms with van der Waals surface area (Å²) in [5, 5.41) is 4.15. The number of nitrogens with one attached hydrogen (secondary N) is 2. The molecule has 4 rings (SSSR count). The number of fused-ring (bicyclic) bond motifs is 2. The Morgan fingerprint density at radius 1 is 1.30 bits per heavy atom. The van der Waals surface area contributed by atoms with Crippen LogP contribution in [0.15, 0.2) is 41.2 Å². The van der Waals surface area contributed by atoms with Crippen LogP contribution in [0.2, 0.25) is 0 Å². The maximum Gasteiger partial charge on any atom is 0.258 e. The minimum absolute atomic E-state index is 0.0816. The number of rotatable bonds is 6. The first-order valence-electron chi connectivity index (χ1n) is 8.90. The lowest BCUT2D eigenvalue weighted by Crippen LogP contribution is -2.14. The largest absolute Gasteiger partial charge is 0.378 e. The van der Waals surface area contributed by atoms with Crippen molar-refractivity contribution in [1.82, 2.24) is 9.97 Å². The summed E-state index contributed by atoms with van der Waals surface area (Å²) in [6, 6.07) is 12.5. The second kappa shape index (κ2) is 7.59. The highest BCUT2D eigenvalue weighted by molar-refractivity contribution is 7.23. The van der Waals surface area contributed by atoms with Gasteiger partial charge in [0.05, 0.1) is 16.9 Å². The lowest BCUT2D eigenvalue weighted by molar-refractivity contribution is 0.159. The topological polar surface area (TPSA) is 84.1 Å². The van der Waals surface area contributed by atoms with Crippen molar-refractivity contribution in [3.05, 3.63) is 69.3 Å². The Morgan fingerprint density at radius 2 is 2.11 bits per heavy atom. The van der Waals surface area contributed by atoms with E-state index in [0.717, 1.165) is 24.1 Å². The number of nitrogens with zero attached hydrogens (tertiary/aromatic N) is 1. The van der Waals surface area contributed by atoms with Gasteiger partial charge < -0.3 is 15.0 Å². The number of aromatic nitrogens is 2. The summed E-state index contributed by atoms with van der Waals surface area (Å²) in [4.78, 5) is 19.8. The van der Waals surface area contributed by atoms with Gasteiger partial charge >= 0.3 is 0 Å². The second-order valence-electron chi connectivity index (χ2n) is 6.79. The van der Waals surface area contributed by atoms with Crippen LogP contribution in [-0.4, -0.2) is 16.3 Å². The number of anilines is 1. The molecule has 1 aromatic heterocycles. The van der Waals surface area contributed by atoms with Crippen molar-refractivity contribution in [1.29, 1.82) is 0 Å². The van der Waals surface area contributed by atoms with Crippen LogP contribution in [0.1, 0.15) is 35.0 Å². The molecule has 0 bridgehead atoms. The first-order valence-corrected chi connectivity index (χ1v) is 9.89. The zero-order chi connectivity index (χ0) is 18.8. The molecule has 0 radical (unpaired) electrons. The lowest BCUT2D eigenvalue weighted by atomic mass is 10.0. The van der Waals surface area contributed by atoms with Gasteiger partial charge in [0.1, 0.15) is 18.8 Å². The summed E-state index contributed by atoms with van der Waals surface area (Å²) in [7, 11) is -0.0874. The molecule has 0 amide bonds. The number of H-pyrrole nitrogens is 1. The summed E-state index contributed by atoms with van der Waals surface area (Å²) < 4.78 is 15.6. The third-order valence-electron chi connectivity index (χ3n) is 4.87. The molecule has 2 aromatic carbocycles. The van der Waals surface area contributed by atoms with E-state index in [1.54, 1.807) is 0 Å². The number of benzene rings is 2. The predicted octanol–water partition coefficient (Wildman–Crippen LogP) is 4.10. The zero-order valence-electron chi connectivity index (χ0n) is 15.0. The van der Waals surface area contributed by atoms with Gasteiger partial charge in [-0.2, -0.15) is 0 Å². The third kappa shape index (κ3) is 3.77. The van der Waals surface area contributed by atoms with E-state index in [9.17, 15) is 9.36 Å². The maximum atomic E-state index is 12.5. The van der Waals surface area contributed by atoms with Crippen molar-refractivity contribution < 1.29 is 9.30 Å². The second-order valence-corrected chi connectivity index (χ2v) is 7.31. The van der Waals surface area contributed by atoms with E-state index in [4.69, 9.17) is 4.74 Å². The highest BCUT2D eigenvalue weighted by Crippen LogP contribution is 2.35. The van der Waals surface area contributed by atoms with Gasteiger partial charge in [-0.15, -0.1) is 0 Å². The number of hydrogen-bond acceptors (Lipinski definition) is 5. The van der Waals surface area contributed by atoms with Gasteiger partial charge in [-0.05, 0) is 55.2 Å². The van der Waals surface area contributed by atoms with Crippen molar-refractivity contribution in [3.8, 4) is 0 Å². The van der Waals surface area contributed by atoms with Gasteiger partial charge in [-0.3, -0.25) is 9.36 Å². The molecule has 1 unspecified atom stereocenters. The summed E-state index contributed by atoms with van der Waals surface area (Å²) in [6.07, 6.45) is 2.01. The molecular formula is C20H20N3O3P. The van der Waals surface area contributed by atoms with E-state index >= 15 is 0 Å². The summed E-state index contributed by atoms with van der Waals surface area (Å²) >= 11 is 0. The number of hydrogen-bond donors (Lipinski definition) is 2. The summed E-state index contributed by atoms with van der Waals surface area (Å²) in [6.45, 7) is 2.20. The molecule has 6 nitrogen and oxygen atoms in total. The molecule has 0 aliphatic heterocycles. The number of aromatic amines is 1. The third-order valence-corrected chi connectivity index (χ3v) is 5.16. The standard InChI is InChI=1S/C20H20N3O3P/c1-12-2-5-14(6-3-12)21-17-7-4-13-8-18-16(9-15(13)17)20(24)23-19(22-18)10-26-11-27-25/h2-3,5-6,8-9,17,21H,4,7,10-11H2,1H3,(H,22,23,24). The van der Waals surface area contributed by atoms with Crippen LogP contribution in [0.3, 0.4) is 0 Å². The Labute approximate surface area is 158 Å². The molecule has 1 aliphatic carbocycles. The van der Waals surface area contributed by atoms with Crippen molar-refractivity contribution in [2.75, 3.05) is 11.7 Å². The van der Waals surface area contributed by atoms with Gasteiger partial charge in [0.15, 0.2) is 8.46 Å². The Hall–Kier alpha value is -2.56. The molecule has 1 atom stereocenters. The van der Waals surface area contributed by atoms with Gasteiger partial charge in [-0.25, -0.2) is 4.98 Å². The molecule has 138 valence electrons. The molecule has 7 heteroatoms. The molecule has 0 fully saturated rings. The molecule has 2 N–H and O–H groups in total. The van der Waals surface area contributed by atoms with Crippen LogP contribution in [0.5, 0.6) is 0 Å². The number of ether oxygens (including phenoxy) is 1. The summed E-state index contributed by atoms with van der Waals surface area (Å²) in [5.41, 5.74) is 5.18. The molecule has 0 saturated heterocycles. The van der Waals surface area contributed by atoms with Crippen LogP contribution >= 0.6 is 8.46 Å². The number of aryl methyl sites for hydroxylation is 2. The Balaban J connectivity index is 1.64. The fourth-order valence-corrected chi connectivity index (χ4v) is 3.71.